The van der Waals surface area contributed by atoms with Crippen LogP contribution < -0.4 is 20.1 Å². The molecule has 2 rings (SSSR count). The smallest absolute Gasteiger partial charge is 0.257 e. The summed E-state index contributed by atoms with van der Waals surface area (Å²) in [6.07, 6.45) is 4.34. The third-order valence-electron chi connectivity index (χ3n) is 3.39. The number of rotatable bonds is 11. The number of amides is 2. The first-order valence-corrected chi connectivity index (χ1v) is 9.30. The number of unbranched alkanes of at least 4 members (excludes halogenated alkanes) is 1. The maximum Gasteiger partial charge on any atom is 0.257 e. The second kappa shape index (κ2) is 12.0. The van der Waals surface area contributed by atoms with Crippen molar-refractivity contribution in [1.29, 1.82) is 0 Å². The van der Waals surface area contributed by atoms with Crippen LogP contribution in [0.1, 0.15) is 12.8 Å². The van der Waals surface area contributed by atoms with Crippen LogP contribution in [0.3, 0.4) is 0 Å². The zero-order chi connectivity index (χ0) is 20.2. The Morgan fingerprint density at radius 2 is 1.21 bits per heavy atom. The van der Waals surface area contributed by atoms with E-state index < -0.39 is 0 Å². The second-order valence-corrected chi connectivity index (χ2v) is 6.39. The van der Waals surface area contributed by atoms with Crippen molar-refractivity contribution in [2.45, 2.75) is 12.8 Å². The number of nitrogens with one attached hydrogen (secondary N) is 2. The summed E-state index contributed by atoms with van der Waals surface area (Å²) in [5.41, 5.74) is 0. The lowest BCUT2D eigenvalue weighted by Gasteiger charge is -2.08. The van der Waals surface area contributed by atoms with E-state index in [1.54, 1.807) is 24.3 Å². The van der Waals surface area contributed by atoms with Gasteiger partial charge in [0.25, 0.3) is 11.8 Å². The summed E-state index contributed by atoms with van der Waals surface area (Å²) in [5, 5.41) is 6.19. The van der Waals surface area contributed by atoms with Gasteiger partial charge in [-0.3, -0.25) is 9.59 Å². The molecule has 0 fully saturated rings. The van der Waals surface area contributed by atoms with Crippen molar-refractivity contribution in [3.63, 3.8) is 0 Å². The molecule has 2 heterocycles. The van der Waals surface area contributed by atoms with Crippen LogP contribution in [0.2, 0.25) is 10.3 Å². The van der Waals surface area contributed by atoms with Crippen LogP contribution in [0.25, 0.3) is 0 Å². The van der Waals surface area contributed by atoms with Crippen molar-refractivity contribution in [2.75, 3.05) is 26.3 Å². The Balaban J connectivity index is 1.47. The summed E-state index contributed by atoms with van der Waals surface area (Å²) in [6, 6.07) is 6.44. The van der Waals surface area contributed by atoms with Gasteiger partial charge in [0.2, 0.25) is 0 Å². The van der Waals surface area contributed by atoms with Gasteiger partial charge in [0, 0.05) is 13.1 Å². The fourth-order valence-electron chi connectivity index (χ4n) is 2.00. The van der Waals surface area contributed by atoms with Gasteiger partial charge in [-0.2, -0.15) is 0 Å². The number of pyridine rings is 2. The second-order valence-electron chi connectivity index (χ2n) is 5.62. The average molecular weight is 427 g/mol. The number of hydrogen-bond donors (Lipinski definition) is 2. The van der Waals surface area contributed by atoms with Crippen LogP contribution in [-0.4, -0.2) is 48.1 Å². The van der Waals surface area contributed by atoms with Gasteiger partial charge in [0.05, 0.1) is 12.4 Å². The molecule has 0 bridgehead atoms. The first-order chi connectivity index (χ1) is 13.5. The van der Waals surface area contributed by atoms with Crippen molar-refractivity contribution in [2.24, 2.45) is 0 Å². The highest BCUT2D eigenvalue weighted by Crippen LogP contribution is 2.12. The zero-order valence-electron chi connectivity index (χ0n) is 15.0. The Bertz CT molecular complexity index is 692. The molecule has 0 aliphatic rings. The van der Waals surface area contributed by atoms with Gasteiger partial charge < -0.3 is 20.1 Å². The predicted molar refractivity (Wildman–Crippen MR) is 105 cm³/mol. The number of ether oxygens (including phenoxy) is 2. The molecule has 0 saturated carbocycles. The number of halogens is 2. The maximum absolute atomic E-state index is 11.7. The predicted octanol–water partition coefficient (Wildman–Crippen LogP) is 2.25. The molecule has 8 nitrogen and oxygen atoms in total. The molecule has 0 atom stereocenters. The first kappa shape index (κ1) is 21.7. The average Bonchev–Trinajstić information content (AvgIpc) is 2.69. The molecule has 2 N–H and O–H groups in total. The van der Waals surface area contributed by atoms with Crippen LogP contribution >= 0.6 is 23.2 Å². The quantitative estimate of drug-likeness (QED) is 0.421. The van der Waals surface area contributed by atoms with Gasteiger partial charge in [0.1, 0.15) is 21.8 Å². The SMILES string of the molecule is O=C(COc1ccc(Cl)nc1)NCCCCNC(=O)COc1ccc(Cl)nc1. The van der Waals surface area contributed by atoms with E-state index in [1.807, 2.05) is 0 Å². The highest BCUT2D eigenvalue weighted by Gasteiger charge is 2.04. The summed E-state index contributed by atoms with van der Waals surface area (Å²) in [5.74, 6) is 0.477. The molecule has 0 aliphatic heterocycles. The van der Waals surface area contributed by atoms with E-state index in [2.05, 4.69) is 20.6 Å². The molecule has 2 amide bonds. The first-order valence-electron chi connectivity index (χ1n) is 8.55. The monoisotopic (exact) mass is 426 g/mol. The normalized spacial score (nSPS) is 10.2. The lowest BCUT2D eigenvalue weighted by molar-refractivity contribution is -0.124. The molecule has 0 aliphatic carbocycles. The van der Waals surface area contributed by atoms with Crippen LogP contribution in [0.4, 0.5) is 0 Å². The van der Waals surface area contributed by atoms with E-state index in [1.165, 1.54) is 12.4 Å². The molecule has 0 radical (unpaired) electrons. The third kappa shape index (κ3) is 8.88. The van der Waals surface area contributed by atoms with E-state index in [-0.39, 0.29) is 25.0 Å². The molecule has 0 unspecified atom stereocenters. The summed E-state index contributed by atoms with van der Waals surface area (Å²) in [7, 11) is 0. The minimum absolute atomic E-state index is 0.100. The van der Waals surface area contributed by atoms with Gasteiger partial charge in [-0.05, 0) is 37.1 Å². The van der Waals surface area contributed by atoms with E-state index >= 15 is 0 Å². The highest BCUT2D eigenvalue weighted by atomic mass is 35.5. The van der Waals surface area contributed by atoms with Crippen molar-refractivity contribution in [3.8, 4) is 11.5 Å². The van der Waals surface area contributed by atoms with Crippen LogP contribution in [0.15, 0.2) is 36.7 Å². The molecule has 0 saturated heterocycles. The van der Waals surface area contributed by atoms with Crippen LogP contribution in [0.5, 0.6) is 11.5 Å². The minimum Gasteiger partial charge on any atom is -0.482 e. The topological polar surface area (TPSA) is 102 Å². The van der Waals surface area contributed by atoms with Crippen LogP contribution in [-0.2, 0) is 9.59 Å². The zero-order valence-corrected chi connectivity index (χ0v) is 16.5. The molecule has 2 aromatic heterocycles. The van der Waals surface area contributed by atoms with Gasteiger partial charge >= 0.3 is 0 Å². The Hall–Kier alpha value is -2.58. The fraction of sp³-hybridized carbons (Fsp3) is 0.333. The molecular formula is C18H20Cl2N4O4. The Morgan fingerprint density at radius 3 is 1.57 bits per heavy atom. The lowest BCUT2D eigenvalue weighted by atomic mass is 10.3. The van der Waals surface area contributed by atoms with E-state index in [0.717, 1.165) is 12.8 Å². The van der Waals surface area contributed by atoms with Gasteiger partial charge in [-0.15, -0.1) is 0 Å². The fourth-order valence-corrected chi connectivity index (χ4v) is 2.22. The summed E-state index contributed by atoms with van der Waals surface area (Å²) in [6.45, 7) is 0.779. The summed E-state index contributed by atoms with van der Waals surface area (Å²) in [4.78, 5) is 31.1. The van der Waals surface area contributed by atoms with Gasteiger partial charge in [0.15, 0.2) is 13.2 Å². The molecule has 0 spiro atoms. The standard InChI is InChI=1S/C18H20Cl2N4O4/c19-15-5-3-13(9-23-15)27-11-17(25)21-7-1-2-8-22-18(26)12-28-14-4-6-16(20)24-10-14/h3-6,9-10H,1-2,7-8,11-12H2,(H,21,25)(H,22,26). The third-order valence-corrected chi connectivity index (χ3v) is 3.84. The molecular weight excluding hydrogens is 407 g/mol. The molecule has 0 aromatic carbocycles. The lowest BCUT2D eigenvalue weighted by Crippen LogP contribution is -2.32. The molecule has 10 heteroatoms. The highest BCUT2D eigenvalue weighted by molar-refractivity contribution is 6.29. The van der Waals surface area contributed by atoms with Crippen molar-refractivity contribution in [3.05, 3.63) is 47.0 Å². The van der Waals surface area contributed by atoms with Gasteiger partial charge in [-0.25, -0.2) is 9.97 Å². The van der Waals surface area contributed by atoms with Crippen molar-refractivity contribution in [1.82, 2.24) is 20.6 Å². The Labute approximate surface area is 172 Å². The number of carbonyl (C=O) groups is 2. The number of aromatic nitrogens is 2. The largest absolute Gasteiger partial charge is 0.482 e. The van der Waals surface area contributed by atoms with Gasteiger partial charge in [-0.1, -0.05) is 23.2 Å². The van der Waals surface area contributed by atoms with Crippen molar-refractivity contribution >= 4 is 35.0 Å². The number of nitrogens with zero attached hydrogens (tertiary/aromatic N) is 2. The Morgan fingerprint density at radius 1 is 0.786 bits per heavy atom. The van der Waals surface area contributed by atoms with Crippen LogP contribution in [0, 0.1) is 0 Å². The maximum atomic E-state index is 11.7. The van der Waals surface area contributed by atoms with Crippen molar-refractivity contribution < 1.29 is 19.1 Å². The minimum atomic E-state index is -0.232. The number of hydrogen-bond acceptors (Lipinski definition) is 6. The Kier molecular flexibility index (Phi) is 9.30. The molecule has 2 aromatic rings. The number of carbonyl (C=O) groups excluding carboxylic acids is 2. The van der Waals surface area contributed by atoms with E-state index in [0.29, 0.717) is 34.9 Å². The molecule has 150 valence electrons. The summed E-state index contributed by atoms with van der Waals surface area (Å²) >= 11 is 11.3. The summed E-state index contributed by atoms with van der Waals surface area (Å²) < 4.78 is 10.6. The van der Waals surface area contributed by atoms with E-state index in [4.69, 9.17) is 32.7 Å². The molecule has 28 heavy (non-hydrogen) atoms. The van der Waals surface area contributed by atoms with E-state index in [9.17, 15) is 9.59 Å².